The predicted molar refractivity (Wildman–Crippen MR) is 101 cm³/mol. The number of hydrogen-bond acceptors (Lipinski definition) is 5. The van der Waals surface area contributed by atoms with Gasteiger partial charge in [0.2, 0.25) is 0 Å². The van der Waals surface area contributed by atoms with Gasteiger partial charge in [0.05, 0.1) is 11.1 Å². The van der Waals surface area contributed by atoms with Gasteiger partial charge in [-0.3, -0.25) is 0 Å². The number of rotatable bonds is 5. The quantitative estimate of drug-likeness (QED) is 0.341. The van der Waals surface area contributed by atoms with Crippen LogP contribution in [0.25, 0.3) is 10.9 Å². The molecule has 1 fully saturated rings. The Bertz CT molecular complexity index is 1180. The summed E-state index contributed by atoms with van der Waals surface area (Å²) in [6.07, 6.45) is -10.1. The molecule has 0 bridgehead atoms. The molecule has 0 aliphatic carbocycles. The molecule has 1 aliphatic heterocycles. The molecule has 1 aromatic carbocycles. The van der Waals surface area contributed by atoms with Gasteiger partial charge in [0.15, 0.2) is 0 Å². The summed E-state index contributed by atoms with van der Waals surface area (Å²) in [5.74, 6) is -1.47. The summed E-state index contributed by atoms with van der Waals surface area (Å²) in [5.41, 5.74) is -1.41. The molecular weight excluding hydrogens is 471 g/mol. The Kier molecular flexibility index (Phi) is 6.01. The van der Waals surface area contributed by atoms with Crippen molar-refractivity contribution in [1.82, 2.24) is 14.7 Å². The number of sulfonamides is 1. The number of nitrogens with zero attached hydrogens (tertiary/aromatic N) is 2. The van der Waals surface area contributed by atoms with Crippen LogP contribution in [0.1, 0.15) is 24.0 Å². The highest BCUT2D eigenvalue weighted by atomic mass is 32.2. The van der Waals surface area contributed by atoms with Gasteiger partial charge >= 0.3 is 12.4 Å². The normalized spacial score (nSPS) is 19.0. The predicted octanol–water partition coefficient (Wildman–Crippen LogP) is 3.61. The first-order valence-electron chi connectivity index (χ1n) is 8.99. The second kappa shape index (κ2) is 8.03. The van der Waals surface area contributed by atoms with Crippen LogP contribution in [0.3, 0.4) is 0 Å². The second-order valence-corrected chi connectivity index (χ2v) is 8.74. The van der Waals surface area contributed by atoms with E-state index in [1.807, 2.05) is 0 Å². The van der Waals surface area contributed by atoms with Gasteiger partial charge in [-0.15, -0.1) is 0 Å². The van der Waals surface area contributed by atoms with E-state index in [2.05, 4.69) is 15.5 Å². The van der Waals surface area contributed by atoms with Crippen molar-refractivity contribution in [2.75, 3.05) is 13.6 Å². The minimum atomic E-state index is -5.10. The summed E-state index contributed by atoms with van der Waals surface area (Å²) >= 11 is 0. The van der Waals surface area contributed by atoms with Crippen molar-refractivity contribution in [1.29, 1.82) is 5.41 Å². The number of fused-ring (bicyclic) bond motifs is 1. The fourth-order valence-corrected chi connectivity index (χ4v) is 5.31. The van der Waals surface area contributed by atoms with Gasteiger partial charge in [-0.25, -0.2) is 12.8 Å². The summed E-state index contributed by atoms with van der Waals surface area (Å²) in [7, 11) is -3.63. The zero-order valence-electron chi connectivity index (χ0n) is 16.2. The Morgan fingerprint density at radius 2 is 1.94 bits per heavy atom. The third-order valence-electron chi connectivity index (χ3n) is 4.94. The number of aromatic nitrogens is 1. The number of halogens is 7. The van der Waals surface area contributed by atoms with Gasteiger partial charge in [0, 0.05) is 30.8 Å². The van der Waals surface area contributed by atoms with Crippen molar-refractivity contribution in [3.63, 3.8) is 0 Å². The van der Waals surface area contributed by atoms with Crippen LogP contribution < -0.4 is 5.43 Å². The Morgan fingerprint density at radius 3 is 2.47 bits per heavy atom. The van der Waals surface area contributed by atoms with Crippen molar-refractivity contribution < 1.29 is 39.2 Å². The number of H-pyrrole nitrogens is 1. The van der Waals surface area contributed by atoms with E-state index in [-0.39, 0.29) is 16.8 Å². The molecule has 32 heavy (non-hydrogen) atoms. The molecule has 15 heteroatoms. The van der Waals surface area contributed by atoms with Crippen LogP contribution in [0.2, 0.25) is 0 Å². The molecule has 1 atom stereocenters. The van der Waals surface area contributed by atoms with Crippen molar-refractivity contribution in [2.24, 2.45) is 5.10 Å². The minimum absolute atomic E-state index is 0.0752. The Labute approximate surface area is 176 Å². The van der Waals surface area contributed by atoms with Crippen LogP contribution in [-0.2, 0) is 16.2 Å². The highest BCUT2D eigenvalue weighted by Crippen LogP contribution is 2.40. The van der Waals surface area contributed by atoms with E-state index >= 15 is 0 Å². The lowest BCUT2D eigenvalue weighted by Gasteiger charge is -2.25. The molecule has 2 heterocycles. The first-order chi connectivity index (χ1) is 14.7. The monoisotopic (exact) mass is 487 g/mol. The number of hydrazone groups is 1. The molecule has 0 unspecified atom stereocenters. The molecule has 0 radical (unpaired) electrons. The number of nitrogens with one attached hydrogen (secondary N) is 3. The van der Waals surface area contributed by atoms with E-state index in [4.69, 9.17) is 5.41 Å². The lowest BCUT2D eigenvalue weighted by molar-refractivity contribution is -0.165. The molecule has 7 nitrogen and oxygen atoms in total. The summed E-state index contributed by atoms with van der Waals surface area (Å²) in [5, 5.41) is 9.41. The largest absolute Gasteiger partial charge is 0.417 e. The smallest absolute Gasteiger partial charge is 0.342 e. The highest BCUT2D eigenvalue weighted by molar-refractivity contribution is 7.89. The third kappa shape index (κ3) is 4.05. The minimum Gasteiger partial charge on any atom is -0.342 e. The molecule has 3 N–H and O–H groups in total. The molecule has 3 rings (SSSR count). The summed E-state index contributed by atoms with van der Waals surface area (Å²) in [4.78, 5) is 2.10. The number of alkyl halides is 6. The van der Waals surface area contributed by atoms with E-state index in [0.29, 0.717) is 12.3 Å². The van der Waals surface area contributed by atoms with E-state index < -0.39 is 80.0 Å². The Morgan fingerprint density at radius 1 is 1.28 bits per heavy atom. The van der Waals surface area contributed by atoms with Crippen molar-refractivity contribution in [3.8, 4) is 0 Å². The first kappa shape index (κ1) is 24.0. The Balaban J connectivity index is 2.30. The second-order valence-electron chi connectivity index (χ2n) is 6.88. The zero-order valence-corrected chi connectivity index (χ0v) is 17.0. The fourth-order valence-electron chi connectivity index (χ4n) is 3.63. The van der Waals surface area contributed by atoms with Crippen molar-refractivity contribution in [3.05, 3.63) is 29.1 Å². The van der Waals surface area contributed by atoms with Crippen LogP contribution >= 0.6 is 0 Å². The molecule has 1 aliphatic rings. The fraction of sp³-hybridized carbons (Fsp3) is 0.412. The molecular formula is C17H16F7N5O2S. The molecule has 0 spiro atoms. The molecule has 0 saturated carbocycles. The molecule has 1 saturated heterocycles. The lowest BCUT2D eigenvalue weighted by Crippen LogP contribution is -2.44. The van der Waals surface area contributed by atoms with E-state index in [1.54, 1.807) is 0 Å². The van der Waals surface area contributed by atoms with Crippen LogP contribution in [0, 0.1) is 11.2 Å². The van der Waals surface area contributed by atoms with E-state index in [9.17, 15) is 39.2 Å². The topological polar surface area (TPSA) is 101 Å². The SMILES string of the molecule is CN/N=C(\C=N)c1c(C(F)(F)F)cc(F)c2[nH]c(S(=O)(=O)N3CCC[C@@H]3C(F)(F)F)cc12. The Hall–Kier alpha value is -2.68. The average Bonchev–Trinajstić information content (AvgIpc) is 3.33. The first-order valence-corrected chi connectivity index (χ1v) is 10.4. The zero-order chi connectivity index (χ0) is 24.1. The molecule has 176 valence electrons. The van der Waals surface area contributed by atoms with Crippen molar-refractivity contribution in [2.45, 2.75) is 36.3 Å². The van der Waals surface area contributed by atoms with Crippen molar-refractivity contribution >= 4 is 32.9 Å². The standard InChI is InChI=1S/C17H16F7N5O2S/c1-26-28-11(7-25)14-8-5-13(27-15(8)10(18)6-9(14)16(19,20)21)32(30,31)29-4-2-3-12(29)17(22,23)24/h5-7,12,25-27H,2-4H2,1H3/b25-7?,28-11+/t12-/m1/s1. The van der Waals surface area contributed by atoms with Crippen LogP contribution in [-0.4, -0.2) is 55.4 Å². The summed E-state index contributed by atoms with van der Waals surface area (Å²) in [6, 6.07) is -1.58. The molecule has 2 aromatic rings. The summed E-state index contributed by atoms with van der Waals surface area (Å²) in [6.45, 7) is -0.460. The third-order valence-corrected chi connectivity index (χ3v) is 6.77. The van der Waals surface area contributed by atoms with Gasteiger partial charge in [0.25, 0.3) is 10.0 Å². The molecule has 1 aromatic heterocycles. The lowest BCUT2D eigenvalue weighted by atomic mass is 9.98. The van der Waals surface area contributed by atoms with E-state index in [1.165, 1.54) is 7.05 Å². The van der Waals surface area contributed by atoms with Gasteiger partial charge in [-0.2, -0.15) is 35.7 Å². The maximum Gasteiger partial charge on any atom is 0.417 e. The van der Waals surface area contributed by atoms with Crippen LogP contribution in [0.5, 0.6) is 0 Å². The van der Waals surface area contributed by atoms with Crippen LogP contribution in [0.4, 0.5) is 30.7 Å². The summed E-state index contributed by atoms with van der Waals surface area (Å²) < 4.78 is 121. The number of benzene rings is 1. The van der Waals surface area contributed by atoms with Crippen LogP contribution in [0.15, 0.2) is 22.3 Å². The number of aromatic amines is 1. The number of hydrogen-bond donors (Lipinski definition) is 3. The highest BCUT2D eigenvalue weighted by Gasteiger charge is 2.51. The maximum atomic E-state index is 14.5. The van der Waals surface area contributed by atoms with Gasteiger partial charge in [-0.05, 0) is 25.0 Å². The van der Waals surface area contributed by atoms with Gasteiger partial charge in [0.1, 0.15) is 22.6 Å². The maximum absolute atomic E-state index is 14.5. The van der Waals surface area contributed by atoms with E-state index in [0.717, 1.165) is 0 Å². The average molecular weight is 487 g/mol. The van der Waals surface area contributed by atoms with Gasteiger partial charge < -0.3 is 15.8 Å². The van der Waals surface area contributed by atoms with Gasteiger partial charge in [-0.1, -0.05) is 0 Å². The molecule has 0 amide bonds.